The van der Waals surface area contributed by atoms with Crippen molar-refractivity contribution in [1.29, 1.82) is 5.26 Å². The minimum atomic E-state index is -1.05. The summed E-state index contributed by atoms with van der Waals surface area (Å²) < 4.78 is 16.2. The lowest BCUT2D eigenvalue weighted by Gasteiger charge is -2.15. The molecule has 2 aromatic carbocycles. The number of benzene rings is 2. The molecule has 1 unspecified atom stereocenters. The molecule has 1 aliphatic carbocycles. The summed E-state index contributed by atoms with van der Waals surface area (Å²) in [4.78, 5) is 29.9. The van der Waals surface area contributed by atoms with Crippen molar-refractivity contribution in [3.05, 3.63) is 82.4 Å². The van der Waals surface area contributed by atoms with Crippen LogP contribution in [0.4, 0.5) is 10.1 Å². The highest BCUT2D eigenvalue weighted by Crippen LogP contribution is 2.39. The third-order valence-corrected chi connectivity index (χ3v) is 6.28. The zero-order chi connectivity index (χ0) is 25.1. The Balaban J connectivity index is 1.68. The average Bonchev–Trinajstić information content (AvgIpc) is 3.68. The number of nitriles is 1. The smallest absolute Gasteiger partial charge is 0.335 e. The molecule has 0 radical (unpaired) electrons. The van der Waals surface area contributed by atoms with E-state index in [1.54, 1.807) is 12.1 Å². The third kappa shape index (κ3) is 5.26. The van der Waals surface area contributed by atoms with Gasteiger partial charge in [-0.15, -0.1) is 0 Å². The van der Waals surface area contributed by atoms with E-state index >= 15 is 0 Å². The first-order valence-corrected chi connectivity index (χ1v) is 11.3. The van der Waals surface area contributed by atoms with Crippen LogP contribution >= 0.6 is 11.6 Å². The van der Waals surface area contributed by atoms with Crippen LogP contribution in [-0.4, -0.2) is 24.1 Å². The van der Waals surface area contributed by atoms with Gasteiger partial charge in [-0.1, -0.05) is 24.4 Å². The molecule has 3 aromatic rings. The molecular weight excluding hydrogens is 473 g/mol. The number of rotatable bonds is 8. The largest absolute Gasteiger partial charge is 0.478 e. The first-order valence-electron chi connectivity index (χ1n) is 10.9. The van der Waals surface area contributed by atoms with Gasteiger partial charge in [-0.25, -0.2) is 9.18 Å². The molecule has 1 aliphatic rings. The molecule has 9 heteroatoms. The number of hydrogen-bond donors (Lipinski definition) is 2. The van der Waals surface area contributed by atoms with Crippen LogP contribution in [0.15, 0.2) is 54.7 Å². The Bertz CT molecular complexity index is 1330. The van der Waals surface area contributed by atoms with E-state index in [1.165, 1.54) is 54.4 Å². The number of halogens is 2. The summed E-state index contributed by atoms with van der Waals surface area (Å²) in [6, 6.07) is 14.0. The number of anilines is 1. The molecule has 35 heavy (non-hydrogen) atoms. The van der Waals surface area contributed by atoms with Gasteiger partial charge >= 0.3 is 5.97 Å². The second-order valence-electron chi connectivity index (χ2n) is 8.35. The highest BCUT2D eigenvalue weighted by molar-refractivity contribution is 6.31. The van der Waals surface area contributed by atoms with Crippen LogP contribution in [-0.2, 0) is 4.79 Å². The Labute approximate surface area is 206 Å². The van der Waals surface area contributed by atoms with Crippen molar-refractivity contribution in [2.45, 2.75) is 25.2 Å². The van der Waals surface area contributed by atoms with Crippen molar-refractivity contribution in [2.75, 3.05) is 12.4 Å². The minimum Gasteiger partial charge on any atom is -0.478 e. The number of carbonyl (C=O) groups is 2. The van der Waals surface area contributed by atoms with Crippen LogP contribution in [0.25, 0.3) is 11.1 Å². The number of carboxylic acid groups (broad SMARTS) is 1. The van der Waals surface area contributed by atoms with E-state index in [0.29, 0.717) is 29.3 Å². The zero-order valence-corrected chi connectivity index (χ0v) is 19.6. The van der Waals surface area contributed by atoms with Crippen molar-refractivity contribution < 1.29 is 28.7 Å². The maximum Gasteiger partial charge on any atom is 0.335 e. The molecule has 178 valence electrons. The van der Waals surface area contributed by atoms with Gasteiger partial charge < -0.3 is 10.4 Å². The molecule has 7 nitrogen and oxygen atoms in total. The predicted octanol–water partition coefficient (Wildman–Crippen LogP) is 4.58. The van der Waals surface area contributed by atoms with Gasteiger partial charge in [0.25, 0.3) is 0 Å². The second-order valence-corrected chi connectivity index (χ2v) is 8.76. The summed E-state index contributed by atoms with van der Waals surface area (Å²) in [7, 11) is 1.43. The lowest BCUT2D eigenvalue weighted by molar-refractivity contribution is -0.890. The Kier molecular flexibility index (Phi) is 6.99. The van der Waals surface area contributed by atoms with E-state index in [0.717, 1.165) is 12.8 Å². The first-order chi connectivity index (χ1) is 16.8. The van der Waals surface area contributed by atoms with E-state index in [2.05, 4.69) is 5.32 Å². The van der Waals surface area contributed by atoms with Gasteiger partial charge in [0.2, 0.25) is 17.8 Å². The molecule has 0 bridgehead atoms. The average molecular weight is 495 g/mol. The Hall–Kier alpha value is -3.96. The van der Waals surface area contributed by atoms with Crippen molar-refractivity contribution in [3.63, 3.8) is 0 Å². The Morgan fingerprint density at radius 1 is 1.23 bits per heavy atom. The van der Waals surface area contributed by atoms with Crippen molar-refractivity contribution in [2.24, 2.45) is 5.92 Å². The van der Waals surface area contributed by atoms with Gasteiger partial charge in [-0.05, 0) is 54.8 Å². The fraction of sp³-hybridized carbons (Fsp3) is 0.231. The monoisotopic (exact) mass is 494 g/mol. The van der Waals surface area contributed by atoms with Gasteiger partial charge in [0, 0.05) is 22.0 Å². The number of aromatic carboxylic acids is 1. The number of amides is 1. The molecule has 1 saturated carbocycles. The molecule has 0 aliphatic heterocycles. The number of nitrogens with one attached hydrogen (secondary N) is 1. The zero-order valence-electron chi connectivity index (χ0n) is 18.8. The number of carboxylic acids is 1. The summed E-state index contributed by atoms with van der Waals surface area (Å²) in [6.45, 7) is 0. The molecule has 2 N–H and O–H groups in total. The summed E-state index contributed by atoms with van der Waals surface area (Å²) in [5.74, 6) is -2.20. The van der Waals surface area contributed by atoms with Crippen LogP contribution in [0.2, 0.25) is 5.02 Å². The Morgan fingerprint density at radius 2 is 1.94 bits per heavy atom. The maximum atomic E-state index is 14.8. The SMILES string of the molecule is CO[n+]1cc(-c2c(C#N)ccc(Cl)c2F)ccc1C(CC1CC1)C(=O)Nc1ccc(C(=O)O)cc1. The molecule has 1 heterocycles. The second kappa shape index (κ2) is 10.1. The fourth-order valence-corrected chi connectivity index (χ4v) is 4.13. The summed E-state index contributed by atoms with van der Waals surface area (Å²) in [5, 5.41) is 21.3. The molecule has 1 atom stereocenters. The molecule has 4 rings (SSSR count). The van der Waals surface area contributed by atoms with Crippen molar-refractivity contribution in [3.8, 4) is 17.2 Å². The van der Waals surface area contributed by atoms with E-state index in [-0.39, 0.29) is 27.6 Å². The number of hydrogen-bond acceptors (Lipinski definition) is 4. The lowest BCUT2D eigenvalue weighted by atomic mass is 9.94. The number of nitrogens with zero attached hydrogens (tertiary/aromatic N) is 2. The van der Waals surface area contributed by atoms with Crippen molar-refractivity contribution in [1.82, 2.24) is 0 Å². The normalized spacial score (nSPS) is 13.5. The lowest BCUT2D eigenvalue weighted by Crippen LogP contribution is -2.47. The van der Waals surface area contributed by atoms with Crippen LogP contribution in [0.3, 0.4) is 0 Å². The number of aromatic nitrogens is 1. The molecule has 0 saturated heterocycles. The highest BCUT2D eigenvalue weighted by Gasteiger charge is 2.37. The summed E-state index contributed by atoms with van der Waals surface area (Å²) >= 11 is 5.95. The van der Waals surface area contributed by atoms with E-state index < -0.39 is 17.7 Å². The van der Waals surface area contributed by atoms with Gasteiger partial charge in [-0.3, -0.25) is 9.63 Å². The first kappa shape index (κ1) is 24.2. The van der Waals surface area contributed by atoms with E-state index in [4.69, 9.17) is 21.5 Å². The van der Waals surface area contributed by atoms with Gasteiger partial charge in [0.05, 0.1) is 27.8 Å². The van der Waals surface area contributed by atoms with Crippen LogP contribution in [0.1, 0.15) is 46.8 Å². The fourth-order valence-electron chi connectivity index (χ4n) is 3.97. The maximum absolute atomic E-state index is 14.8. The van der Waals surface area contributed by atoms with E-state index in [9.17, 15) is 19.2 Å². The summed E-state index contributed by atoms with van der Waals surface area (Å²) in [5.41, 5.74) is 1.71. The molecule has 1 fully saturated rings. The summed E-state index contributed by atoms with van der Waals surface area (Å²) in [6.07, 6.45) is 4.18. The Morgan fingerprint density at radius 3 is 2.54 bits per heavy atom. The topological polar surface area (TPSA) is 103 Å². The highest BCUT2D eigenvalue weighted by atomic mass is 35.5. The van der Waals surface area contributed by atoms with Crippen LogP contribution < -0.4 is 14.9 Å². The van der Waals surface area contributed by atoms with Crippen LogP contribution in [0.5, 0.6) is 0 Å². The van der Waals surface area contributed by atoms with Gasteiger partial charge in [0.1, 0.15) is 13.0 Å². The molecule has 0 spiro atoms. The minimum absolute atomic E-state index is 0.0547. The van der Waals surface area contributed by atoms with E-state index in [1.807, 2.05) is 6.07 Å². The van der Waals surface area contributed by atoms with Gasteiger partial charge in [-0.2, -0.15) is 5.26 Å². The quantitative estimate of drug-likeness (QED) is 0.446. The molecule has 1 amide bonds. The van der Waals surface area contributed by atoms with Crippen LogP contribution in [0, 0.1) is 23.1 Å². The predicted molar refractivity (Wildman–Crippen MR) is 126 cm³/mol. The van der Waals surface area contributed by atoms with Gasteiger partial charge in [0.15, 0.2) is 5.82 Å². The third-order valence-electron chi connectivity index (χ3n) is 5.98. The standard InChI is InChI=1S/C26H21ClFN3O4/c1-35-31-14-18(23-17(13-29)6-10-21(27)24(23)28)7-11-22(31)20(12-15-2-3-15)25(32)30-19-8-4-16(5-9-19)26(33)34/h4-11,14-15,20H,2-3,12H2,1H3,(H-,30,32,33,34)/p+1. The number of carbonyl (C=O) groups excluding carboxylic acids is 1. The molecular formula is C26H22ClFN3O4+. The number of pyridine rings is 1. The molecule has 1 aromatic heterocycles. The van der Waals surface area contributed by atoms with Crippen molar-refractivity contribution >= 4 is 29.2 Å².